The van der Waals surface area contributed by atoms with Crippen LogP contribution < -0.4 is 10.2 Å². The topological polar surface area (TPSA) is 25.7 Å². The minimum Gasteiger partial charge on any atom is -0.370 e. The van der Waals surface area contributed by atoms with E-state index in [1.165, 1.54) is 87.5 Å². The Morgan fingerprint density at radius 2 is 1.79 bits per heavy atom. The fourth-order valence-corrected chi connectivity index (χ4v) is 3.54. The molecular weight excluding hydrogens is 356 g/mol. The zero-order valence-electron chi connectivity index (χ0n) is 19.1. The summed E-state index contributed by atoms with van der Waals surface area (Å²) in [6.07, 6.45) is 27.8. The van der Waals surface area contributed by atoms with Crippen LogP contribution in [0.3, 0.4) is 0 Å². The maximum absolute atomic E-state index is 4.97. The lowest BCUT2D eigenvalue weighted by atomic mass is 10.1. The molecule has 1 rings (SSSR count). The molecule has 1 aliphatic rings. The van der Waals surface area contributed by atoms with Crippen LogP contribution in [0.2, 0.25) is 0 Å². The van der Waals surface area contributed by atoms with E-state index < -0.39 is 0 Å². The van der Waals surface area contributed by atoms with Crippen LogP contribution in [0.1, 0.15) is 83.5 Å². The summed E-state index contributed by atoms with van der Waals surface area (Å²) in [6, 6.07) is 0. The van der Waals surface area contributed by atoms with Crippen LogP contribution in [0.4, 0.5) is 0 Å². The summed E-state index contributed by atoms with van der Waals surface area (Å²) in [5.41, 5.74) is 1.48. The highest BCUT2D eigenvalue weighted by atomic mass is 16.5. The van der Waals surface area contributed by atoms with Crippen molar-refractivity contribution in [2.75, 3.05) is 34.0 Å². The summed E-state index contributed by atoms with van der Waals surface area (Å²) in [6.45, 7) is 2.88. The minimum atomic E-state index is 0.676. The van der Waals surface area contributed by atoms with E-state index in [9.17, 15) is 0 Å². The fourth-order valence-electron chi connectivity index (χ4n) is 3.54. The van der Waals surface area contributed by atoms with Crippen molar-refractivity contribution in [1.82, 2.24) is 5.32 Å². The Bertz CT molecular complexity index is 525. The Labute approximate surface area is 180 Å². The highest BCUT2D eigenvalue weighted by Gasteiger charge is 2.04. The highest BCUT2D eigenvalue weighted by molar-refractivity contribution is 5.18. The van der Waals surface area contributed by atoms with Gasteiger partial charge in [-0.1, -0.05) is 62.5 Å². The monoisotopic (exact) mass is 401 g/mol. The number of hydrogen-bond donors (Lipinski definition) is 2. The van der Waals surface area contributed by atoms with Crippen LogP contribution >= 0.6 is 0 Å². The largest absolute Gasteiger partial charge is 0.370 e. The number of ether oxygens (including phenoxy) is 1. The van der Waals surface area contributed by atoms with E-state index in [1.807, 2.05) is 0 Å². The molecule has 164 valence electrons. The van der Waals surface area contributed by atoms with Gasteiger partial charge in [0.25, 0.3) is 0 Å². The van der Waals surface area contributed by atoms with E-state index in [1.54, 1.807) is 7.11 Å². The Balaban J connectivity index is 1.81. The first-order valence-corrected chi connectivity index (χ1v) is 11.9. The molecule has 0 saturated carbocycles. The zero-order chi connectivity index (χ0) is 20.8. The number of likely N-dealkylation sites (N-methyl/N-ethyl adjacent to an activating group) is 1. The van der Waals surface area contributed by atoms with Crippen LogP contribution in [-0.4, -0.2) is 34.0 Å². The van der Waals surface area contributed by atoms with Gasteiger partial charge < -0.3 is 9.64 Å². The van der Waals surface area contributed by atoms with Crippen molar-refractivity contribution in [2.45, 2.75) is 83.5 Å². The predicted octanol–water partition coefficient (Wildman–Crippen LogP) is 4.78. The molecule has 0 aromatic rings. The molecule has 0 saturated heterocycles. The molecule has 1 unspecified atom stereocenters. The van der Waals surface area contributed by atoms with Crippen molar-refractivity contribution in [3.63, 3.8) is 0 Å². The second-order valence-corrected chi connectivity index (χ2v) is 8.15. The Morgan fingerprint density at radius 1 is 1.03 bits per heavy atom. The van der Waals surface area contributed by atoms with Gasteiger partial charge in [0.1, 0.15) is 6.54 Å². The summed E-state index contributed by atoms with van der Waals surface area (Å²) in [4.78, 5) is 1.48. The van der Waals surface area contributed by atoms with Crippen molar-refractivity contribution < 1.29 is 9.64 Å². The molecular formula is C26H45N2O+. The van der Waals surface area contributed by atoms with Gasteiger partial charge in [-0.05, 0) is 57.2 Å². The Hall–Kier alpha value is -1.34. The molecule has 0 amide bonds. The molecule has 0 fully saturated rings. The fraction of sp³-hybridized carbons (Fsp3) is 0.692. The van der Waals surface area contributed by atoms with Gasteiger partial charge in [-0.25, -0.2) is 0 Å². The first-order valence-electron chi connectivity index (χ1n) is 11.9. The second kappa shape index (κ2) is 20.0. The Kier molecular flexibility index (Phi) is 17.7. The molecule has 0 spiro atoms. The van der Waals surface area contributed by atoms with E-state index in [0.29, 0.717) is 6.73 Å². The molecule has 1 heterocycles. The van der Waals surface area contributed by atoms with Crippen LogP contribution in [0, 0.1) is 11.8 Å². The third kappa shape index (κ3) is 17.2. The molecule has 0 aromatic heterocycles. The van der Waals surface area contributed by atoms with E-state index >= 15 is 0 Å². The van der Waals surface area contributed by atoms with Gasteiger partial charge in [0.2, 0.25) is 0 Å². The summed E-state index contributed by atoms with van der Waals surface area (Å²) >= 11 is 0. The van der Waals surface area contributed by atoms with Crippen LogP contribution in [0.25, 0.3) is 0 Å². The SMILES string of the molecule is COCNCCCCCCCCCCC=CC#CCCCCC1=C[NH+](C)CC=C1. The van der Waals surface area contributed by atoms with E-state index in [4.69, 9.17) is 4.74 Å². The average Bonchev–Trinajstić information content (AvgIpc) is 2.72. The summed E-state index contributed by atoms with van der Waals surface area (Å²) in [7, 11) is 3.94. The molecule has 1 aliphatic heterocycles. The van der Waals surface area contributed by atoms with Gasteiger partial charge in [0.15, 0.2) is 0 Å². The van der Waals surface area contributed by atoms with Gasteiger partial charge in [-0.15, -0.1) is 0 Å². The maximum atomic E-state index is 4.97. The lowest BCUT2D eigenvalue weighted by Crippen LogP contribution is -3.04. The number of unbranched alkanes of at least 4 members (excludes halogenated alkanes) is 10. The number of rotatable bonds is 17. The van der Waals surface area contributed by atoms with Crippen molar-refractivity contribution in [2.24, 2.45) is 0 Å². The summed E-state index contributed by atoms with van der Waals surface area (Å²) in [5.74, 6) is 6.49. The van der Waals surface area contributed by atoms with Crippen LogP contribution in [0.5, 0.6) is 0 Å². The lowest BCUT2D eigenvalue weighted by Gasteiger charge is -2.12. The summed E-state index contributed by atoms with van der Waals surface area (Å²) in [5, 5.41) is 3.26. The summed E-state index contributed by atoms with van der Waals surface area (Å²) < 4.78 is 4.97. The molecule has 0 bridgehead atoms. The van der Waals surface area contributed by atoms with Gasteiger partial charge in [-0.3, -0.25) is 5.32 Å². The zero-order valence-corrected chi connectivity index (χ0v) is 19.1. The van der Waals surface area contributed by atoms with E-state index in [-0.39, 0.29) is 0 Å². The van der Waals surface area contributed by atoms with E-state index in [0.717, 1.165) is 19.5 Å². The number of nitrogens with one attached hydrogen (secondary N) is 2. The van der Waals surface area contributed by atoms with Crippen LogP contribution in [-0.2, 0) is 4.74 Å². The normalized spacial score (nSPS) is 16.1. The first-order chi connectivity index (χ1) is 14.3. The minimum absolute atomic E-state index is 0.676. The molecule has 29 heavy (non-hydrogen) atoms. The quantitative estimate of drug-likeness (QED) is 0.208. The van der Waals surface area contributed by atoms with Crippen molar-refractivity contribution in [3.05, 3.63) is 36.1 Å². The molecule has 3 heteroatoms. The van der Waals surface area contributed by atoms with Crippen LogP contribution in [0.15, 0.2) is 36.1 Å². The molecule has 3 nitrogen and oxygen atoms in total. The average molecular weight is 402 g/mol. The van der Waals surface area contributed by atoms with Gasteiger partial charge in [0, 0.05) is 19.1 Å². The van der Waals surface area contributed by atoms with E-state index in [2.05, 4.69) is 54.7 Å². The first kappa shape index (κ1) is 25.7. The van der Waals surface area contributed by atoms with Gasteiger partial charge >= 0.3 is 0 Å². The number of methoxy groups -OCH3 is 1. The third-order valence-corrected chi connectivity index (χ3v) is 5.24. The van der Waals surface area contributed by atoms with Crippen molar-refractivity contribution >= 4 is 0 Å². The molecule has 2 N–H and O–H groups in total. The standard InChI is InChI=1S/C26H44N2O/c1-28-23-19-21-26(24-28)20-17-15-13-11-9-7-5-3-4-6-8-10-12-14-16-18-22-27-25-29-2/h5,7,19,21,24,27H,3-4,6,8,10,12-18,20,22-23,25H2,1-2H3/p+1. The number of hydrogen-bond acceptors (Lipinski definition) is 2. The predicted molar refractivity (Wildman–Crippen MR) is 126 cm³/mol. The van der Waals surface area contributed by atoms with Gasteiger partial charge in [-0.2, -0.15) is 0 Å². The van der Waals surface area contributed by atoms with Crippen molar-refractivity contribution in [3.8, 4) is 11.8 Å². The van der Waals surface area contributed by atoms with Gasteiger partial charge in [0.05, 0.1) is 20.0 Å². The van der Waals surface area contributed by atoms with Crippen molar-refractivity contribution in [1.29, 1.82) is 0 Å². The smallest absolute Gasteiger partial charge is 0.100 e. The maximum Gasteiger partial charge on any atom is 0.100 e. The molecule has 0 radical (unpaired) electrons. The molecule has 0 aromatic carbocycles. The number of allylic oxidation sites excluding steroid dienone is 4. The lowest BCUT2D eigenvalue weighted by molar-refractivity contribution is -0.819. The Morgan fingerprint density at radius 3 is 2.55 bits per heavy atom. The second-order valence-electron chi connectivity index (χ2n) is 8.15. The molecule has 1 atom stereocenters. The molecule has 0 aliphatic carbocycles. The highest BCUT2D eigenvalue weighted by Crippen LogP contribution is 2.11. The third-order valence-electron chi connectivity index (χ3n) is 5.24. The number of quaternary nitrogens is 1.